The van der Waals surface area contributed by atoms with E-state index in [0.29, 0.717) is 6.42 Å². The normalized spacial score (nSPS) is 19.1. The summed E-state index contributed by atoms with van der Waals surface area (Å²) < 4.78 is 6.09. The number of hydrogen-bond donors (Lipinski definition) is 0. The third-order valence-corrected chi connectivity index (χ3v) is 4.61. The minimum Gasteiger partial charge on any atom is -0.368 e. The van der Waals surface area contributed by atoms with Gasteiger partial charge in [-0.25, -0.2) is 4.98 Å². The van der Waals surface area contributed by atoms with E-state index >= 15 is 0 Å². The molecule has 4 heteroatoms. The van der Waals surface area contributed by atoms with Crippen molar-refractivity contribution in [3.8, 4) is 6.07 Å². The van der Waals surface area contributed by atoms with Crippen molar-refractivity contribution in [3.63, 3.8) is 0 Å². The van der Waals surface area contributed by atoms with Gasteiger partial charge in [-0.3, -0.25) is 0 Å². The van der Waals surface area contributed by atoms with E-state index < -0.39 is 0 Å². The van der Waals surface area contributed by atoms with Crippen LogP contribution in [-0.4, -0.2) is 11.6 Å². The third kappa shape index (κ3) is 2.90. The molecule has 98 valence electrons. The predicted molar refractivity (Wildman–Crippen MR) is 72.4 cm³/mol. The molecule has 0 aromatic carbocycles. The molecule has 0 spiro atoms. The fourth-order valence-electron chi connectivity index (χ4n) is 2.67. The summed E-state index contributed by atoms with van der Waals surface area (Å²) in [6.07, 6.45) is 7.57. The topological polar surface area (TPSA) is 45.9 Å². The lowest BCUT2D eigenvalue weighted by Crippen LogP contribution is -2.29. The Morgan fingerprint density at radius 2 is 2.11 bits per heavy atom. The van der Waals surface area contributed by atoms with E-state index in [9.17, 15) is 0 Å². The summed E-state index contributed by atoms with van der Waals surface area (Å²) in [6, 6.07) is 2.16. The second-order valence-electron chi connectivity index (χ2n) is 4.82. The fraction of sp³-hybridized carbons (Fsp3) is 0.714. The molecule has 1 aliphatic rings. The second kappa shape index (κ2) is 6.31. The predicted octanol–water partition coefficient (Wildman–Crippen LogP) is 3.80. The molecule has 0 saturated heterocycles. The molecule has 0 aliphatic heterocycles. The summed E-state index contributed by atoms with van der Waals surface area (Å²) in [7, 11) is 0. The summed E-state index contributed by atoms with van der Waals surface area (Å²) in [6.45, 7) is 2.78. The zero-order valence-corrected chi connectivity index (χ0v) is 11.8. The van der Waals surface area contributed by atoms with Gasteiger partial charge in [0, 0.05) is 12.0 Å². The van der Waals surface area contributed by atoms with Crippen molar-refractivity contribution in [2.75, 3.05) is 6.61 Å². The molecular formula is C14H20N2OS. The molecule has 0 atom stereocenters. The first kappa shape index (κ1) is 13.5. The average Bonchev–Trinajstić information content (AvgIpc) is 2.70. The molecule has 1 heterocycles. The van der Waals surface area contributed by atoms with Crippen LogP contribution in [0.3, 0.4) is 0 Å². The van der Waals surface area contributed by atoms with Crippen LogP contribution in [0.25, 0.3) is 0 Å². The van der Waals surface area contributed by atoms with Gasteiger partial charge in [0.25, 0.3) is 0 Å². The van der Waals surface area contributed by atoms with Crippen LogP contribution in [0.5, 0.6) is 0 Å². The highest BCUT2D eigenvalue weighted by Gasteiger charge is 2.36. The van der Waals surface area contributed by atoms with Gasteiger partial charge >= 0.3 is 0 Å². The number of nitrogens with zero attached hydrogens (tertiary/aromatic N) is 2. The zero-order valence-electron chi connectivity index (χ0n) is 10.9. The van der Waals surface area contributed by atoms with Crippen molar-refractivity contribution in [1.82, 2.24) is 4.98 Å². The van der Waals surface area contributed by atoms with Gasteiger partial charge in [-0.1, -0.05) is 25.7 Å². The largest absolute Gasteiger partial charge is 0.368 e. The molecular weight excluding hydrogens is 244 g/mol. The minimum absolute atomic E-state index is 0.177. The summed E-state index contributed by atoms with van der Waals surface area (Å²) in [5.41, 5.74) is 0.713. The van der Waals surface area contributed by atoms with Gasteiger partial charge in [-0.15, -0.1) is 11.3 Å². The number of hydrogen-bond acceptors (Lipinski definition) is 4. The maximum Gasteiger partial charge on any atom is 0.125 e. The monoisotopic (exact) mass is 264 g/mol. The molecule has 0 unspecified atom stereocenters. The smallest absolute Gasteiger partial charge is 0.125 e. The van der Waals surface area contributed by atoms with Crippen LogP contribution >= 0.6 is 11.3 Å². The summed E-state index contributed by atoms with van der Waals surface area (Å²) in [4.78, 5) is 4.63. The number of thiazole rings is 1. The molecule has 0 amide bonds. The Bertz CT molecular complexity index is 414. The lowest BCUT2D eigenvalue weighted by atomic mass is 9.95. The Kier molecular flexibility index (Phi) is 4.73. The Hall–Kier alpha value is -0.920. The molecule has 1 saturated carbocycles. The lowest BCUT2D eigenvalue weighted by molar-refractivity contribution is -0.0560. The molecule has 1 fully saturated rings. The number of aromatic nitrogens is 1. The van der Waals surface area contributed by atoms with E-state index in [2.05, 4.69) is 18.0 Å². The maximum atomic E-state index is 8.74. The number of ether oxygens (including phenoxy) is 1. The van der Waals surface area contributed by atoms with E-state index in [1.165, 1.54) is 25.7 Å². The van der Waals surface area contributed by atoms with Crippen LogP contribution in [0.1, 0.15) is 56.2 Å². The summed E-state index contributed by atoms with van der Waals surface area (Å²) >= 11 is 1.66. The molecule has 1 aromatic rings. The number of rotatable bonds is 4. The molecule has 1 aromatic heterocycles. The van der Waals surface area contributed by atoms with Crippen molar-refractivity contribution in [2.45, 2.75) is 57.5 Å². The van der Waals surface area contributed by atoms with Crippen molar-refractivity contribution in [1.29, 1.82) is 5.26 Å². The molecule has 3 nitrogen and oxygen atoms in total. The van der Waals surface area contributed by atoms with Gasteiger partial charge < -0.3 is 4.74 Å². The van der Waals surface area contributed by atoms with Gasteiger partial charge in [0.05, 0.1) is 18.2 Å². The quantitative estimate of drug-likeness (QED) is 0.777. The number of nitriles is 1. The molecule has 1 aliphatic carbocycles. The van der Waals surface area contributed by atoms with E-state index in [-0.39, 0.29) is 5.60 Å². The molecule has 0 N–H and O–H groups in total. The van der Waals surface area contributed by atoms with E-state index in [1.807, 2.05) is 5.38 Å². The SMILES string of the molecule is CCOC1(c2nc(CC#N)cs2)CCCCCC1. The van der Waals surface area contributed by atoms with Gasteiger partial charge in [0.1, 0.15) is 10.6 Å². The van der Waals surface area contributed by atoms with Crippen LogP contribution in [0.4, 0.5) is 0 Å². The first-order chi connectivity index (χ1) is 8.80. The van der Waals surface area contributed by atoms with E-state index in [0.717, 1.165) is 30.2 Å². The van der Waals surface area contributed by atoms with Crippen molar-refractivity contribution in [3.05, 3.63) is 16.1 Å². The average molecular weight is 264 g/mol. The fourth-order valence-corrected chi connectivity index (χ4v) is 3.71. The molecule has 0 radical (unpaired) electrons. The van der Waals surface area contributed by atoms with Gasteiger partial charge in [-0.2, -0.15) is 5.26 Å². The summed E-state index contributed by atoms with van der Waals surface area (Å²) in [5.74, 6) is 0. The molecule has 18 heavy (non-hydrogen) atoms. The van der Waals surface area contributed by atoms with Crippen molar-refractivity contribution >= 4 is 11.3 Å². The molecule has 2 rings (SSSR count). The Morgan fingerprint density at radius 1 is 1.39 bits per heavy atom. The first-order valence-electron chi connectivity index (χ1n) is 6.76. The van der Waals surface area contributed by atoms with E-state index in [1.54, 1.807) is 11.3 Å². The van der Waals surface area contributed by atoms with Crippen LogP contribution < -0.4 is 0 Å². The Labute approximate surface area is 113 Å². The standard InChI is InChI=1S/C14H20N2OS/c1-2-17-14(8-5-3-4-6-9-14)13-16-12(7-10-15)11-18-13/h11H,2-9H2,1H3. The highest BCUT2D eigenvalue weighted by atomic mass is 32.1. The van der Waals surface area contributed by atoms with Crippen LogP contribution in [-0.2, 0) is 16.8 Å². The van der Waals surface area contributed by atoms with Crippen LogP contribution in [0, 0.1) is 11.3 Å². The summed E-state index contributed by atoms with van der Waals surface area (Å²) in [5, 5.41) is 11.8. The third-order valence-electron chi connectivity index (χ3n) is 3.53. The maximum absolute atomic E-state index is 8.74. The Balaban J connectivity index is 2.24. The minimum atomic E-state index is -0.177. The highest BCUT2D eigenvalue weighted by Crippen LogP contribution is 2.40. The zero-order chi connectivity index (χ0) is 12.8. The van der Waals surface area contributed by atoms with Gasteiger partial charge in [0.15, 0.2) is 0 Å². The van der Waals surface area contributed by atoms with Crippen molar-refractivity contribution < 1.29 is 4.74 Å². The first-order valence-corrected chi connectivity index (χ1v) is 7.64. The van der Waals surface area contributed by atoms with E-state index in [4.69, 9.17) is 10.00 Å². The highest BCUT2D eigenvalue weighted by molar-refractivity contribution is 7.09. The van der Waals surface area contributed by atoms with Crippen molar-refractivity contribution in [2.24, 2.45) is 0 Å². The molecule has 0 bridgehead atoms. The lowest BCUT2D eigenvalue weighted by Gasteiger charge is -2.30. The van der Waals surface area contributed by atoms with Crippen LogP contribution in [0.2, 0.25) is 0 Å². The van der Waals surface area contributed by atoms with Gasteiger partial charge in [0.2, 0.25) is 0 Å². The Morgan fingerprint density at radius 3 is 2.72 bits per heavy atom. The second-order valence-corrected chi connectivity index (χ2v) is 5.68. The van der Waals surface area contributed by atoms with Crippen LogP contribution in [0.15, 0.2) is 5.38 Å². The van der Waals surface area contributed by atoms with Gasteiger partial charge in [-0.05, 0) is 19.8 Å².